The van der Waals surface area contributed by atoms with E-state index in [9.17, 15) is 4.79 Å². The number of carbonyl (C=O) groups is 1. The van der Waals surface area contributed by atoms with Crippen LogP contribution in [0.25, 0.3) is 6.08 Å². The molecule has 2 aromatic heterocycles. The quantitative estimate of drug-likeness (QED) is 0.491. The molecular formula is C26H28N4OS2. The largest absolute Gasteiger partial charge is 0.297 e. The minimum Gasteiger partial charge on any atom is -0.297 e. The van der Waals surface area contributed by atoms with Gasteiger partial charge in [0.1, 0.15) is 0 Å². The number of hydrazone groups is 1. The molecule has 1 fully saturated rings. The molecule has 2 aliphatic heterocycles. The number of hydrogen-bond donors (Lipinski definition) is 0. The average Bonchev–Trinajstić information content (AvgIpc) is 3.62. The Hall–Kier alpha value is -2.58. The van der Waals surface area contributed by atoms with Gasteiger partial charge < -0.3 is 0 Å². The molecule has 1 atom stereocenters. The summed E-state index contributed by atoms with van der Waals surface area (Å²) in [5, 5.41) is 10.7. The molecular weight excluding hydrogens is 448 g/mol. The molecule has 0 N–H and O–H groups in total. The minimum absolute atomic E-state index is 0.0130. The van der Waals surface area contributed by atoms with E-state index in [0.29, 0.717) is 6.54 Å². The van der Waals surface area contributed by atoms with Crippen molar-refractivity contribution in [2.24, 2.45) is 5.10 Å². The van der Waals surface area contributed by atoms with Crippen molar-refractivity contribution in [3.8, 4) is 0 Å². The van der Waals surface area contributed by atoms with Crippen LogP contribution in [0.4, 0.5) is 0 Å². The zero-order valence-electron chi connectivity index (χ0n) is 18.5. The van der Waals surface area contributed by atoms with Gasteiger partial charge in [-0.25, -0.2) is 5.01 Å². The number of benzene rings is 1. The summed E-state index contributed by atoms with van der Waals surface area (Å²) < 4.78 is 0. The second kappa shape index (κ2) is 10.6. The van der Waals surface area contributed by atoms with E-state index in [1.165, 1.54) is 10.4 Å². The number of thiophene rings is 2. The van der Waals surface area contributed by atoms with E-state index >= 15 is 0 Å². The molecule has 5 nitrogen and oxygen atoms in total. The standard InChI is InChI=1S/C26H28N4OS2/c31-26(20-29-15-13-28(14-16-29)12-4-9-21-7-2-1-3-8-21)30-23(25-11-6-18-33-25)19-22(27-30)24-10-5-17-32-24/h1-11,17-18,23H,12-16,19-20H2. The van der Waals surface area contributed by atoms with Gasteiger partial charge in [0.15, 0.2) is 0 Å². The zero-order valence-corrected chi connectivity index (χ0v) is 20.2. The molecule has 4 heterocycles. The predicted molar refractivity (Wildman–Crippen MR) is 138 cm³/mol. The summed E-state index contributed by atoms with van der Waals surface area (Å²) in [6.45, 7) is 5.14. The SMILES string of the molecule is O=C(CN1CCN(CC=Cc2ccccc2)CC1)N1N=C(c2cccs2)CC1c1cccs1. The summed E-state index contributed by atoms with van der Waals surface area (Å²) in [7, 11) is 0. The first kappa shape index (κ1) is 22.2. The Bertz CT molecular complexity index is 1080. The van der Waals surface area contributed by atoms with Crippen LogP contribution >= 0.6 is 22.7 Å². The Kier molecular flexibility index (Phi) is 7.12. The third-order valence-corrected chi connectivity index (χ3v) is 8.03. The van der Waals surface area contributed by atoms with Crippen molar-refractivity contribution in [2.75, 3.05) is 39.3 Å². The van der Waals surface area contributed by atoms with E-state index < -0.39 is 0 Å². The Labute approximate surface area is 203 Å². The Morgan fingerprint density at radius 1 is 0.939 bits per heavy atom. The van der Waals surface area contributed by atoms with Crippen LogP contribution in [0.2, 0.25) is 0 Å². The van der Waals surface area contributed by atoms with Gasteiger partial charge in [-0.1, -0.05) is 54.6 Å². The third kappa shape index (κ3) is 5.50. The van der Waals surface area contributed by atoms with Crippen LogP contribution in [0.15, 0.2) is 76.5 Å². The van der Waals surface area contributed by atoms with Crippen molar-refractivity contribution >= 4 is 40.4 Å². The van der Waals surface area contributed by atoms with Gasteiger partial charge in [-0.2, -0.15) is 5.10 Å². The number of rotatable bonds is 7. The molecule has 0 radical (unpaired) electrons. The number of carbonyl (C=O) groups excluding carboxylic acids is 1. The van der Waals surface area contributed by atoms with E-state index in [-0.39, 0.29) is 11.9 Å². The lowest BCUT2D eigenvalue weighted by atomic mass is 10.1. The van der Waals surface area contributed by atoms with Crippen LogP contribution in [0.3, 0.4) is 0 Å². The van der Waals surface area contributed by atoms with Crippen LogP contribution in [-0.2, 0) is 4.79 Å². The van der Waals surface area contributed by atoms with Crippen LogP contribution in [0.5, 0.6) is 0 Å². The second-order valence-corrected chi connectivity index (χ2v) is 10.3. The molecule has 3 aromatic rings. The highest BCUT2D eigenvalue weighted by molar-refractivity contribution is 7.12. The zero-order chi connectivity index (χ0) is 22.5. The molecule has 0 bridgehead atoms. The molecule has 5 rings (SSSR count). The molecule has 0 spiro atoms. The van der Waals surface area contributed by atoms with E-state index in [1.807, 2.05) is 12.1 Å². The molecule has 0 aliphatic carbocycles. The lowest BCUT2D eigenvalue weighted by Gasteiger charge is -2.34. The van der Waals surface area contributed by atoms with Crippen LogP contribution in [-0.4, -0.2) is 65.7 Å². The lowest BCUT2D eigenvalue weighted by Crippen LogP contribution is -2.49. The highest BCUT2D eigenvalue weighted by Crippen LogP contribution is 2.36. The molecule has 1 aromatic carbocycles. The number of piperazine rings is 1. The molecule has 0 saturated carbocycles. The van der Waals surface area contributed by atoms with Crippen LogP contribution < -0.4 is 0 Å². The Balaban J connectivity index is 1.16. The molecule has 1 saturated heterocycles. The molecule has 1 unspecified atom stereocenters. The monoisotopic (exact) mass is 476 g/mol. The second-order valence-electron chi connectivity index (χ2n) is 8.39. The molecule has 2 aliphatic rings. The fraction of sp³-hybridized carbons (Fsp3) is 0.308. The highest BCUT2D eigenvalue weighted by atomic mass is 32.1. The minimum atomic E-state index is 0.0130. The third-order valence-electron chi connectivity index (χ3n) is 6.14. The van der Waals surface area contributed by atoms with Gasteiger partial charge in [0.05, 0.1) is 23.2 Å². The van der Waals surface area contributed by atoms with Gasteiger partial charge >= 0.3 is 0 Å². The molecule has 170 valence electrons. The van der Waals surface area contributed by atoms with E-state index in [0.717, 1.165) is 49.7 Å². The Morgan fingerprint density at radius 2 is 1.70 bits per heavy atom. The fourth-order valence-electron chi connectivity index (χ4n) is 4.33. The van der Waals surface area contributed by atoms with Gasteiger partial charge in [0.2, 0.25) is 0 Å². The predicted octanol–water partition coefficient (Wildman–Crippen LogP) is 4.82. The van der Waals surface area contributed by atoms with Crippen molar-refractivity contribution in [3.05, 3.63) is 86.8 Å². The summed E-state index contributed by atoms with van der Waals surface area (Å²) in [6.07, 6.45) is 5.19. The summed E-state index contributed by atoms with van der Waals surface area (Å²) in [5.74, 6) is 0.0948. The number of nitrogens with zero attached hydrogens (tertiary/aromatic N) is 4. The van der Waals surface area contributed by atoms with Crippen molar-refractivity contribution in [2.45, 2.75) is 12.5 Å². The topological polar surface area (TPSA) is 39.2 Å². The summed E-state index contributed by atoms with van der Waals surface area (Å²) in [5.41, 5.74) is 2.25. The molecule has 33 heavy (non-hydrogen) atoms. The van der Waals surface area contributed by atoms with Gasteiger partial charge in [-0.3, -0.25) is 14.6 Å². The van der Waals surface area contributed by atoms with E-state index in [2.05, 4.69) is 75.2 Å². The number of amides is 1. The number of hydrogen-bond acceptors (Lipinski definition) is 6. The summed E-state index contributed by atoms with van der Waals surface area (Å²) in [4.78, 5) is 20.4. The smallest absolute Gasteiger partial charge is 0.257 e. The average molecular weight is 477 g/mol. The maximum atomic E-state index is 13.3. The van der Waals surface area contributed by atoms with Gasteiger partial charge in [0, 0.05) is 44.0 Å². The van der Waals surface area contributed by atoms with Crippen LogP contribution in [0, 0.1) is 0 Å². The molecule has 7 heteroatoms. The van der Waals surface area contributed by atoms with Gasteiger partial charge in [-0.05, 0) is 28.5 Å². The maximum Gasteiger partial charge on any atom is 0.257 e. The first-order chi connectivity index (χ1) is 16.3. The van der Waals surface area contributed by atoms with Crippen molar-refractivity contribution in [1.82, 2.24) is 14.8 Å². The first-order valence-electron chi connectivity index (χ1n) is 11.4. The maximum absolute atomic E-state index is 13.3. The highest BCUT2D eigenvalue weighted by Gasteiger charge is 2.34. The summed E-state index contributed by atoms with van der Waals surface area (Å²) in [6, 6.07) is 18.7. The normalized spacial score (nSPS) is 19.9. The molecule has 1 amide bonds. The first-order valence-corrected chi connectivity index (χ1v) is 13.2. The van der Waals surface area contributed by atoms with Gasteiger partial charge in [-0.15, -0.1) is 22.7 Å². The Morgan fingerprint density at radius 3 is 2.42 bits per heavy atom. The summed E-state index contributed by atoms with van der Waals surface area (Å²) >= 11 is 3.39. The lowest BCUT2D eigenvalue weighted by molar-refractivity contribution is -0.134. The van der Waals surface area contributed by atoms with Gasteiger partial charge in [0.25, 0.3) is 5.91 Å². The van der Waals surface area contributed by atoms with E-state index in [4.69, 9.17) is 5.10 Å². The van der Waals surface area contributed by atoms with Crippen LogP contribution in [0.1, 0.15) is 27.8 Å². The van der Waals surface area contributed by atoms with Crippen molar-refractivity contribution < 1.29 is 4.79 Å². The van der Waals surface area contributed by atoms with Crippen molar-refractivity contribution in [1.29, 1.82) is 0 Å². The fourth-order valence-corrected chi connectivity index (χ4v) is 5.86. The van der Waals surface area contributed by atoms with Crippen molar-refractivity contribution in [3.63, 3.8) is 0 Å². The van der Waals surface area contributed by atoms with E-state index in [1.54, 1.807) is 27.7 Å².